The number of methoxy groups -OCH3 is 1. The Bertz CT molecular complexity index is 710. The van der Waals surface area contributed by atoms with Crippen molar-refractivity contribution >= 4 is 11.6 Å². The SMILES string of the molecule is CCc1ccc(OC)c(Oc2cc(Cl)cc(C#N)c2)c1F. The molecule has 0 fully saturated rings. The van der Waals surface area contributed by atoms with Gasteiger partial charge in [0.15, 0.2) is 11.6 Å². The van der Waals surface area contributed by atoms with Crippen LogP contribution in [0.4, 0.5) is 4.39 Å². The predicted octanol–water partition coefficient (Wildman–Crippen LogP) is 4.71. The molecule has 2 aromatic rings. The Morgan fingerprint density at radius 1 is 1.29 bits per heavy atom. The Morgan fingerprint density at radius 2 is 2.05 bits per heavy atom. The van der Waals surface area contributed by atoms with Crippen LogP contribution >= 0.6 is 11.6 Å². The van der Waals surface area contributed by atoms with Crippen LogP contribution in [-0.4, -0.2) is 7.11 Å². The summed E-state index contributed by atoms with van der Waals surface area (Å²) in [6, 6.07) is 9.78. The highest BCUT2D eigenvalue weighted by atomic mass is 35.5. The Hall–Kier alpha value is -2.25. The Kier molecular flexibility index (Phi) is 4.66. The van der Waals surface area contributed by atoms with Crippen molar-refractivity contribution in [2.24, 2.45) is 0 Å². The van der Waals surface area contributed by atoms with E-state index >= 15 is 0 Å². The molecule has 0 atom stereocenters. The summed E-state index contributed by atoms with van der Waals surface area (Å²) in [6.45, 7) is 1.85. The van der Waals surface area contributed by atoms with Gasteiger partial charge in [0, 0.05) is 5.02 Å². The average Bonchev–Trinajstić information content (AvgIpc) is 2.48. The molecule has 0 saturated heterocycles. The van der Waals surface area contributed by atoms with E-state index in [1.807, 2.05) is 13.0 Å². The number of aryl methyl sites for hydroxylation is 1. The molecule has 0 aliphatic rings. The average molecular weight is 306 g/mol. The highest BCUT2D eigenvalue weighted by molar-refractivity contribution is 6.30. The maximum Gasteiger partial charge on any atom is 0.205 e. The second-order valence-corrected chi connectivity index (χ2v) is 4.75. The molecule has 2 rings (SSSR count). The van der Waals surface area contributed by atoms with Crippen molar-refractivity contribution in [2.45, 2.75) is 13.3 Å². The molecule has 21 heavy (non-hydrogen) atoms. The maximum absolute atomic E-state index is 14.4. The molecule has 0 aliphatic carbocycles. The normalized spacial score (nSPS) is 10.0. The van der Waals surface area contributed by atoms with Gasteiger partial charge in [0.25, 0.3) is 0 Å². The molecular formula is C16H13ClFNO2. The van der Waals surface area contributed by atoms with Crippen molar-refractivity contribution < 1.29 is 13.9 Å². The van der Waals surface area contributed by atoms with Crippen molar-refractivity contribution in [1.29, 1.82) is 5.26 Å². The van der Waals surface area contributed by atoms with Gasteiger partial charge in [-0.3, -0.25) is 0 Å². The van der Waals surface area contributed by atoms with E-state index in [-0.39, 0.29) is 17.2 Å². The molecule has 108 valence electrons. The summed E-state index contributed by atoms with van der Waals surface area (Å²) in [5.74, 6) is 0.0750. The first-order chi connectivity index (χ1) is 10.1. The number of hydrogen-bond donors (Lipinski definition) is 0. The number of hydrogen-bond acceptors (Lipinski definition) is 3. The van der Waals surface area contributed by atoms with Crippen LogP contribution in [0, 0.1) is 17.1 Å². The van der Waals surface area contributed by atoms with E-state index in [2.05, 4.69) is 0 Å². The lowest BCUT2D eigenvalue weighted by Crippen LogP contribution is -1.97. The van der Waals surface area contributed by atoms with Crippen molar-refractivity contribution in [2.75, 3.05) is 7.11 Å². The minimum absolute atomic E-state index is 0.0111. The molecular weight excluding hydrogens is 293 g/mol. The summed E-state index contributed by atoms with van der Waals surface area (Å²) >= 11 is 5.91. The van der Waals surface area contributed by atoms with Gasteiger partial charge in [0.1, 0.15) is 5.75 Å². The standard InChI is InChI=1S/C16H13ClFNO2/c1-3-11-4-5-14(20-2)16(15(11)18)21-13-7-10(9-19)6-12(17)8-13/h4-8H,3H2,1-2H3. The van der Waals surface area contributed by atoms with Gasteiger partial charge in [-0.1, -0.05) is 24.6 Å². The number of halogens is 2. The number of benzene rings is 2. The van der Waals surface area contributed by atoms with E-state index in [0.29, 0.717) is 22.6 Å². The third-order valence-electron chi connectivity index (χ3n) is 2.96. The van der Waals surface area contributed by atoms with Crippen LogP contribution < -0.4 is 9.47 Å². The van der Waals surface area contributed by atoms with Gasteiger partial charge in [-0.15, -0.1) is 0 Å². The lowest BCUT2D eigenvalue weighted by Gasteiger charge is -2.13. The lowest BCUT2D eigenvalue weighted by molar-refractivity contribution is 0.362. The molecule has 0 unspecified atom stereocenters. The minimum Gasteiger partial charge on any atom is -0.493 e. The first-order valence-electron chi connectivity index (χ1n) is 6.33. The summed E-state index contributed by atoms with van der Waals surface area (Å²) in [4.78, 5) is 0. The molecule has 3 nitrogen and oxygen atoms in total. The van der Waals surface area contributed by atoms with E-state index in [0.717, 1.165) is 0 Å². The predicted molar refractivity (Wildman–Crippen MR) is 78.6 cm³/mol. The summed E-state index contributed by atoms with van der Waals surface area (Å²) in [5.41, 5.74) is 0.858. The van der Waals surface area contributed by atoms with Gasteiger partial charge >= 0.3 is 0 Å². The fourth-order valence-electron chi connectivity index (χ4n) is 1.91. The first-order valence-corrected chi connectivity index (χ1v) is 6.70. The molecule has 0 aliphatic heterocycles. The fraction of sp³-hybridized carbons (Fsp3) is 0.188. The summed E-state index contributed by atoms with van der Waals surface area (Å²) in [7, 11) is 1.44. The second kappa shape index (κ2) is 6.47. The van der Waals surface area contributed by atoms with E-state index in [1.165, 1.54) is 25.3 Å². The highest BCUT2D eigenvalue weighted by Crippen LogP contribution is 2.37. The zero-order valence-corrected chi connectivity index (χ0v) is 12.4. The molecule has 5 heteroatoms. The number of rotatable bonds is 4. The molecule has 0 bridgehead atoms. The molecule has 0 amide bonds. The van der Waals surface area contributed by atoms with Gasteiger partial charge in [-0.25, -0.2) is 4.39 Å². The largest absolute Gasteiger partial charge is 0.493 e. The van der Waals surface area contributed by atoms with Crippen molar-refractivity contribution in [1.82, 2.24) is 0 Å². The van der Waals surface area contributed by atoms with E-state index in [1.54, 1.807) is 12.1 Å². The monoisotopic (exact) mass is 305 g/mol. The van der Waals surface area contributed by atoms with Gasteiger partial charge in [-0.05, 0) is 36.2 Å². The van der Waals surface area contributed by atoms with Gasteiger partial charge in [0.05, 0.1) is 18.7 Å². The minimum atomic E-state index is -0.477. The van der Waals surface area contributed by atoms with Crippen LogP contribution in [0.1, 0.15) is 18.1 Å². The molecule has 0 spiro atoms. The quantitative estimate of drug-likeness (QED) is 0.821. The lowest BCUT2D eigenvalue weighted by atomic mass is 10.1. The van der Waals surface area contributed by atoms with Crippen LogP contribution in [0.3, 0.4) is 0 Å². The summed E-state index contributed by atoms with van der Waals surface area (Å²) in [6.07, 6.45) is 0.533. The maximum atomic E-state index is 14.4. The third-order valence-corrected chi connectivity index (χ3v) is 3.18. The Balaban J connectivity index is 2.48. The second-order valence-electron chi connectivity index (χ2n) is 4.31. The molecule has 0 radical (unpaired) electrons. The smallest absolute Gasteiger partial charge is 0.205 e. The van der Waals surface area contributed by atoms with Crippen LogP contribution in [0.25, 0.3) is 0 Å². The topological polar surface area (TPSA) is 42.2 Å². The Labute approximate surface area is 127 Å². The number of nitrogens with zero attached hydrogens (tertiary/aromatic N) is 1. The highest BCUT2D eigenvalue weighted by Gasteiger charge is 2.16. The zero-order valence-electron chi connectivity index (χ0n) is 11.6. The zero-order chi connectivity index (χ0) is 15.4. The van der Waals surface area contributed by atoms with Crippen LogP contribution in [0.2, 0.25) is 5.02 Å². The molecule has 2 aromatic carbocycles. The fourth-order valence-corrected chi connectivity index (χ4v) is 2.14. The Morgan fingerprint density at radius 3 is 2.67 bits per heavy atom. The van der Waals surface area contributed by atoms with Gasteiger partial charge < -0.3 is 9.47 Å². The first kappa shape index (κ1) is 15.1. The number of nitriles is 1. The third kappa shape index (κ3) is 3.26. The van der Waals surface area contributed by atoms with E-state index < -0.39 is 5.82 Å². The molecule has 0 aromatic heterocycles. The van der Waals surface area contributed by atoms with Crippen molar-refractivity contribution in [3.8, 4) is 23.3 Å². The van der Waals surface area contributed by atoms with Crippen molar-refractivity contribution in [3.05, 3.63) is 52.3 Å². The summed E-state index contributed by atoms with van der Waals surface area (Å²) in [5, 5.41) is 9.27. The van der Waals surface area contributed by atoms with Crippen LogP contribution in [0.15, 0.2) is 30.3 Å². The van der Waals surface area contributed by atoms with Crippen LogP contribution in [0.5, 0.6) is 17.2 Å². The summed E-state index contributed by atoms with van der Waals surface area (Å²) < 4.78 is 25.1. The number of ether oxygens (including phenoxy) is 2. The van der Waals surface area contributed by atoms with Gasteiger partial charge in [0.2, 0.25) is 5.75 Å². The molecule has 0 heterocycles. The van der Waals surface area contributed by atoms with E-state index in [9.17, 15) is 4.39 Å². The van der Waals surface area contributed by atoms with Crippen molar-refractivity contribution in [3.63, 3.8) is 0 Å². The molecule has 0 N–H and O–H groups in total. The molecule has 0 saturated carbocycles. The van der Waals surface area contributed by atoms with Crippen LogP contribution in [-0.2, 0) is 6.42 Å². The van der Waals surface area contributed by atoms with E-state index in [4.69, 9.17) is 26.3 Å². The van der Waals surface area contributed by atoms with Gasteiger partial charge in [-0.2, -0.15) is 5.26 Å².